The normalized spacial score (nSPS) is 11.2. The van der Waals surface area contributed by atoms with Crippen LogP contribution in [0, 0.1) is 18.6 Å². The number of halogens is 2. The lowest BCUT2D eigenvalue weighted by molar-refractivity contribution is -0.116. The third-order valence-corrected chi connectivity index (χ3v) is 4.00. The Bertz CT molecular complexity index is 1240. The van der Waals surface area contributed by atoms with E-state index in [4.69, 9.17) is 0 Å². The van der Waals surface area contributed by atoms with E-state index in [0.29, 0.717) is 22.9 Å². The molecule has 9 heteroatoms. The first kappa shape index (κ1) is 16.8. The van der Waals surface area contributed by atoms with Crippen molar-refractivity contribution in [1.29, 1.82) is 0 Å². The summed E-state index contributed by atoms with van der Waals surface area (Å²) in [6.45, 7) is 1.40. The second kappa shape index (κ2) is 6.27. The van der Waals surface area contributed by atoms with Crippen LogP contribution in [0.1, 0.15) is 5.69 Å². The van der Waals surface area contributed by atoms with E-state index in [1.54, 1.807) is 31.3 Å². The van der Waals surface area contributed by atoms with Crippen LogP contribution in [0.3, 0.4) is 0 Å². The number of carbonyl (C=O) groups is 1. The summed E-state index contributed by atoms with van der Waals surface area (Å²) in [6, 6.07) is 7.58. The van der Waals surface area contributed by atoms with Crippen molar-refractivity contribution in [3.05, 3.63) is 70.3 Å². The van der Waals surface area contributed by atoms with Gasteiger partial charge in [-0.05, 0) is 37.3 Å². The highest BCUT2D eigenvalue weighted by atomic mass is 19.1. The zero-order valence-corrected chi connectivity index (χ0v) is 14.1. The first-order valence-electron chi connectivity index (χ1n) is 8.02. The zero-order chi connectivity index (χ0) is 19.1. The maximum Gasteiger partial charge on any atom is 0.277 e. The average Bonchev–Trinajstić information content (AvgIpc) is 3.00. The van der Waals surface area contributed by atoms with Crippen molar-refractivity contribution in [1.82, 2.24) is 19.2 Å². The number of nitrogens with one attached hydrogen (secondary N) is 1. The Morgan fingerprint density at radius 3 is 2.63 bits per heavy atom. The highest BCUT2D eigenvalue weighted by molar-refractivity contribution is 5.91. The third-order valence-electron chi connectivity index (χ3n) is 4.00. The van der Waals surface area contributed by atoms with Gasteiger partial charge in [-0.2, -0.15) is 5.10 Å². The lowest BCUT2D eigenvalue weighted by Gasteiger charge is -2.11. The fourth-order valence-corrected chi connectivity index (χ4v) is 2.95. The van der Waals surface area contributed by atoms with Gasteiger partial charge in [0.05, 0.1) is 11.2 Å². The Balaban J connectivity index is 1.77. The van der Waals surface area contributed by atoms with Crippen LogP contribution >= 0.6 is 0 Å². The molecular weight excluding hydrogens is 356 g/mol. The molecule has 1 N–H and O–H groups in total. The summed E-state index contributed by atoms with van der Waals surface area (Å²) in [5.74, 6) is -2.23. The predicted octanol–water partition coefficient (Wildman–Crippen LogP) is 2.27. The van der Waals surface area contributed by atoms with Crippen molar-refractivity contribution < 1.29 is 13.6 Å². The van der Waals surface area contributed by atoms with E-state index < -0.39 is 23.1 Å². The molecule has 1 aromatic carbocycles. The van der Waals surface area contributed by atoms with Crippen LogP contribution in [0.4, 0.5) is 14.5 Å². The molecule has 0 aliphatic rings. The molecule has 0 unspecified atom stereocenters. The highest BCUT2D eigenvalue weighted by Crippen LogP contribution is 2.15. The monoisotopic (exact) mass is 369 g/mol. The van der Waals surface area contributed by atoms with Gasteiger partial charge in [0.25, 0.3) is 5.56 Å². The van der Waals surface area contributed by atoms with Crippen molar-refractivity contribution >= 4 is 28.3 Å². The molecule has 1 amide bonds. The van der Waals surface area contributed by atoms with E-state index in [2.05, 4.69) is 15.4 Å². The van der Waals surface area contributed by atoms with Gasteiger partial charge in [0.1, 0.15) is 23.7 Å². The smallest absolute Gasteiger partial charge is 0.277 e. The molecular formula is C18H13F2N5O2. The van der Waals surface area contributed by atoms with Crippen LogP contribution < -0.4 is 10.9 Å². The molecule has 4 aromatic rings. The molecule has 0 radical (unpaired) electrons. The van der Waals surface area contributed by atoms with Crippen LogP contribution in [-0.2, 0) is 11.3 Å². The second-order valence-corrected chi connectivity index (χ2v) is 6.03. The minimum absolute atomic E-state index is 0.0331. The summed E-state index contributed by atoms with van der Waals surface area (Å²) in [7, 11) is 0. The first-order chi connectivity index (χ1) is 12.9. The number of anilines is 1. The molecule has 0 fully saturated rings. The second-order valence-electron chi connectivity index (χ2n) is 6.03. The van der Waals surface area contributed by atoms with Gasteiger partial charge in [-0.3, -0.25) is 14.2 Å². The van der Waals surface area contributed by atoms with E-state index in [9.17, 15) is 18.4 Å². The minimum atomic E-state index is -0.812. The topological polar surface area (TPSA) is 81.3 Å². The van der Waals surface area contributed by atoms with Gasteiger partial charge < -0.3 is 5.32 Å². The molecule has 0 saturated carbocycles. The van der Waals surface area contributed by atoms with Crippen molar-refractivity contribution in [2.24, 2.45) is 0 Å². The van der Waals surface area contributed by atoms with E-state index >= 15 is 0 Å². The molecule has 0 atom stereocenters. The van der Waals surface area contributed by atoms with Gasteiger partial charge in [0.15, 0.2) is 5.65 Å². The number of nitrogens with zero attached hydrogens (tertiary/aromatic N) is 4. The van der Waals surface area contributed by atoms with Gasteiger partial charge in [-0.25, -0.2) is 18.3 Å². The summed E-state index contributed by atoms with van der Waals surface area (Å²) in [6.07, 6.45) is 1.56. The summed E-state index contributed by atoms with van der Waals surface area (Å²) < 4.78 is 29.3. The Kier molecular flexibility index (Phi) is 3.91. The first-order valence-corrected chi connectivity index (χ1v) is 8.02. The summed E-state index contributed by atoms with van der Waals surface area (Å²) >= 11 is 0. The standard InChI is InChI=1S/C18H13F2N5O2/c1-10-5-15-18(27)24(14-3-2-4-21-17(14)25(15)23-10)9-16(26)22-13-7-11(19)6-12(20)8-13/h2-8H,9H2,1H3,(H,22,26). The Morgan fingerprint density at radius 1 is 1.15 bits per heavy atom. The van der Waals surface area contributed by atoms with Crippen LogP contribution in [0.15, 0.2) is 47.4 Å². The number of amides is 1. The average molecular weight is 369 g/mol. The van der Waals surface area contributed by atoms with Gasteiger partial charge in [0.2, 0.25) is 5.91 Å². The zero-order valence-electron chi connectivity index (χ0n) is 14.1. The number of hydrogen-bond donors (Lipinski definition) is 1. The number of aromatic nitrogens is 4. The largest absolute Gasteiger partial charge is 0.324 e. The minimum Gasteiger partial charge on any atom is -0.324 e. The van der Waals surface area contributed by atoms with E-state index in [1.165, 1.54) is 9.08 Å². The van der Waals surface area contributed by atoms with Crippen LogP contribution in [0.25, 0.3) is 16.7 Å². The Morgan fingerprint density at radius 2 is 1.89 bits per heavy atom. The lowest BCUT2D eigenvalue weighted by Crippen LogP contribution is -2.29. The maximum absolute atomic E-state index is 13.3. The number of fused-ring (bicyclic) bond motifs is 3. The van der Waals surface area contributed by atoms with Gasteiger partial charge in [-0.15, -0.1) is 0 Å². The highest BCUT2D eigenvalue weighted by Gasteiger charge is 2.16. The number of benzene rings is 1. The summed E-state index contributed by atoms with van der Waals surface area (Å²) in [5, 5.41) is 6.66. The van der Waals surface area contributed by atoms with Crippen molar-refractivity contribution in [2.45, 2.75) is 13.5 Å². The Labute approximate surface area is 150 Å². The van der Waals surface area contributed by atoms with Crippen LogP contribution in [-0.4, -0.2) is 25.1 Å². The third kappa shape index (κ3) is 3.03. The maximum atomic E-state index is 13.3. The molecule has 0 aliphatic carbocycles. The Hall–Kier alpha value is -3.62. The quantitative estimate of drug-likeness (QED) is 0.601. The molecule has 27 heavy (non-hydrogen) atoms. The molecule has 0 spiro atoms. The number of aryl methyl sites for hydroxylation is 1. The molecule has 3 heterocycles. The SMILES string of the molecule is Cc1cc2c(=O)n(CC(=O)Nc3cc(F)cc(F)c3)c3cccnc3n2n1. The number of rotatable bonds is 3. The van der Waals surface area contributed by atoms with Crippen molar-refractivity contribution in [3.8, 4) is 0 Å². The van der Waals surface area contributed by atoms with Crippen LogP contribution in [0.2, 0.25) is 0 Å². The number of pyridine rings is 1. The van der Waals surface area contributed by atoms with Gasteiger partial charge >= 0.3 is 0 Å². The van der Waals surface area contributed by atoms with Crippen molar-refractivity contribution in [3.63, 3.8) is 0 Å². The molecule has 0 bridgehead atoms. The van der Waals surface area contributed by atoms with E-state index in [1.807, 2.05) is 0 Å². The van der Waals surface area contributed by atoms with E-state index in [0.717, 1.165) is 12.1 Å². The van der Waals surface area contributed by atoms with Gasteiger partial charge in [-0.1, -0.05) is 0 Å². The predicted molar refractivity (Wildman–Crippen MR) is 94.5 cm³/mol. The fourth-order valence-electron chi connectivity index (χ4n) is 2.95. The number of carbonyl (C=O) groups excluding carboxylic acids is 1. The molecule has 7 nitrogen and oxygen atoms in total. The number of hydrogen-bond acceptors (Lipinski definition) is 4. The lowest BCUT2D eigenvalue weighted by atomic mass is 10.3. The van der Waals surface area contributed by atoms with E-state index in [-0.39, 0.29) is 17.7 Å². The molecule has 136 valence electrons. The summed E-state index contributed by atoms with van der Waals surface area (Å²) in [5.41, 5.74) is 1.30. The molecule has 3 aromatic heterocycles. The molecule has 0 aliphatic heterocycles. The molecule has 4 rings (SSSR count). The van der Waals surface area contributed by atoms with Crippen LogP contribution in [0.5, 0.6) is 0 Å². The summed E-state index contributed by atoms with van der Waals surface area (Å²) in [4.78, 5) is 29.5. The molecule has 0 saturated heterocycles. The van der Waals surface area contributed by atoms with Gasteiger partial charge in [0, 0.05) is 18.0 Å². The van der Waals surface area contributed by atoms with Crippen molar-refractivity contribution in [2.75, 3.05) is 5.32 Å². The fraction of sp³-hybridized carbons (Fsp3) is 0.111.